The largest absolute Gasteiger partial charge is 0.495 e. The predicted octanol–water partition coefficient (Wildman–Crippen LogP) is 3.11. The van der Waals surface area contributed by atoms with Crippen molar-refractivity contribution in [3.8, 4) is 5.75 Å². The van der Waals surface area contributed by atoms with Crippen LogP contribution < -0.4 is 10.1 Å². The molecule has 8 heteroatoms. The first kappa shape index (κ1) is 23.0. The van der Waals surface area contributed by atoms with E-state index in [4.69, 9.17) is 4.74 Å². The Bertz CT molecular complexity index is 958. The summed E-state index contributed by atoms with van der Waals surface area (Å²) in [5.74, 6) is 1.61. The summed E-state index contributed by atoms with van der Waals surface area (Å²) >= 11 is 0. The molecule has 1 aromatic carbocycles. The second kappa shape index (κ2) is 9.47. The van der Waals surface area contributed by atoms with Gasteiger partial charge in [-0.2, -0.15) is 0 Å². The summed E-state index contributed by atoms with van der Waals surface area (Å²) in [6, 6.07) is 6.15. The Morgan fingerprint density at radius 3 is 2.62 bits per heavy atom. The maximum absolute atomic E-state index is 13.4. The van der Waals surface area contributed by atoms with Gasteiger partial charge in [0.05, 0.1) is 12.8 Å². The summed E-state index contributed by atoms with van der Waals surface area (Å²) in [5.41, 5.74) is 1.75. The lowest BCUT2D eigenvalue weighted by atomic mass is 9.76. The molecule has 184 valence electrons. The van der Waals surface area contributed by atoms with Crippen molar-refractivity contribution < 1.29 is 19.1 Å². The fourth-order valence-corrected chi connectivity index (χ4v) is 6.45. The van der Waals surface area contributed by atoms with Gasteiger partial charge in [-0.15, -0.1) is 0 Å². The highest BCUT2D eigenvalue weighted by Crippen LogP contribution is 2.38. The van der Waals surface area contributed by atoms with Gasteiger partial charge >= 0.3 is 6.03 Å². The number of ether oxygens (including phenoxy) is 1. The third-order valence-electron chi connectivity index (χ3n) is 8.20. The minimum Gasteiger partial charge on any atom is -0.495 e. The fourth-order valence-electron chi connectivity index (χ4n) is 6.45. The van der Waals surface area contributed by atoms with E-state index in [-0.39, 0.29) is 17.9 Å². The van der Waals surface area contributed by atoms with Crippen LogP contribution in [0.1, 0.15) is 44.1 Å². The molecular formula is C26H36N4O4. The number of fused-ring (bicyclic) bond motifs is 4. The van der Waals surface area contributed by atoms with E-state index in [1.165, 1.54) is 0 Å². The SMILES string of the molecule is COc1ccc(C)cc1NC(=O)C1CCN(C(=O)N2CC3CC(C2)[C@H]2CCCC(=O)N2C3)CC1. The molecule has 4 saturated heterocycles. The number of aryl methyl sites for hydroxylation is 1. The van der Waals surface area contributed by atoms with E-state index >= 15 is 0 Å². The zero-order valence-electron chi connectivity index (χ0n) is 20.3. The second-order valence-electron chi connectivity index (χ2n) is 10.5. The van der Waals surface area contributed by atoms with Gasteiger partial charge in [0.2, 0.25) is 11.8 Å². The summed E-state index contributed by atoms with van der Waals surface area (Å²) in [5, 5.41) is 3.03. The number of carbonyl (C=O) groups is 3. The van der Waals surface area contributed by atoms with Gasteiger partial charge in [-0.05, 0) is 68.6 Å². The number of piperidine rings is 4. The van der Waals surface area contributed by atoms with Crippen molar-refractivity contribution in [2.75, 3.05) is 45.2 Å². The van der Waals surface area contributed by atoms with Crippen LogP contribution in [0.5, 0.6) is 5.75 Å². The number of likely N-dealkylation sites (tertiary alicyclic amines) is 2. The fraction of sp³-hybridized carbons (Fsp3) is 0.654. The van der Waals surface area contributed by atoms with Crippen molar-refractivity contribution in [3.05, 3.63) is 23.8 Å². The normalized spacial score (nSPS) is 27.3. The van der Waals surface area contributed by atoms with Crippen molar-refractivity contribution in [1.82, 2.24) is 14.7 Å². The number of amides is 4. The van der Waals surface area contributed by atoms with Gasteiger partial charge in [0.25, 0.3) is 0 Å². The molecule has 2 bridgehead atoms. The van der Waals surface area contributed by atoms with E-state index in [1.54, 1.807) is 7.11 Å². The number of carbonyl (C=O) groups excluding carboxylic acids is 3. The zero-order valence-corrected chi connectivity index (χ0v) is 20.3. The topological polar surface area (TPSA) is 82.2 Å². The van der Waals surface area contributed by atoms with Gasteiger partial charge in [0.15, 0.2) is 0 Å². The van der Waals surface area contributed by atoms with Crippen molar-refractivity contribution in [2.24, 2.45) is 17.8 Å². The number of hydrogen-bond donors (Lipinski definition) is 1. The lowest BCUT2D eigenvalue weighted by Crippen LogP contribution is -2.62. The van der Waals surface area contributed by atoms with E-state index in [2.05, 4.69) is 10.2 Å². The molecule has 4 aliphatic heterocycles. The van der Waals surface area contributed by atoms with E-state index < -0.39 is 0 Å². The molecule has 0 radical (unpaired) electrons. The standard InChI is InChI=1S/C26H36N4O4/c1-17-6-7-23(34-2)21(12-17)27-25(32)19-8-10-28(11-9-19)26(33)29-14-18-13-20(16-29)22-4-3-5-24(31)30(22)15-18/h6-7,12,18-20,22H,3-5,8-11,13-16H2,1-2H3,(H,27,32)/t18?,20?,22-/m1/s1. The van der Waals surface area contributed by atoms with E-state index in [0.29, 0.717) is 67.6 Å². The van der Waals surface area contributed by atoms with Crippen LogP contribution in [-0.4, -0.2) is 78.4 Å². The minimum absolute atomic E-state index is 0.00874. The summed E-state index contributed by atoms with van der Waals surface area (Å²) < 4.78 is 5.38. The Kier molecular flexibility index (Phi) is 6.40. The van der Waals surface area contributed by atoms with Crippen LogP contribution in [0.4, 0.5) is 10.5 Å². The molecule has 0 aromatic heterocycles. The average molecular weight is 469 g/mol. The number of anilines is 1. The molecule has 4 heterocycles. The van der Waals surface area contributed by atoms with Crippen LogP contribution in [0.2, 0.25) is 0 Å². The molecular weight excluding hydrogens is 432 g/mol. The third-order valence-corrected chi connectivity index (χ3v) is 8.20. The Balaban J connectivity index is 1.16. The van der Waals surface area contributed by atoms with Crippen molar-refractivity contribution in [2.45, 2.75) is 51.5 Å². The molecule has 3 atom stereocenters. The first-order valence-corrected chi connectivity index (χ1v) is 12.7. The maximum Gasteiger partial charge on any atom is 0.320 e. The first-order valence-electron chi connectivity index (χ1n) is 12.7. The molecule has 0 spiro atoms. The predicted molar refractivity (Wildman–Crippen MR) is 129 cm³/mol. The summed E-state index contributed by atoms with van der Waals surface area (Å²) in [6.07, 6.45) is 5.17. The molecule has 8 nitrogen and oxygen atoms in total. The van der Waals surface area contributed by atoms with Crippen LogP contribution in [0.25, 0.3) is 0 Å². The summed E-state index contributed by atoms with van der Waals surface area (Å²) in [7, 11) is 1.60. The Morgan fingerprint density at radius 1 is 1.06 bits per heavy atom. The second-order valence-corrected chi connectivity index (χ2v) is 10.5. The van der Waals surface area contributed by atoms with Crippen molar-refractivity contribution >= 4 is 23.5 Å². The van der Waals surface area contributed by atoms with Crippen LogP contribution in [0.3, 0.4) is 0 Å². The Hall–Kier alpha value is -2.77. The number of nitrogens with zero attached hydrogens (tertiary/aromatic N) is 3. The smallest absolute Gasteiger partial charge is 0.320 e. The maximum atomic E-state index is 13.4. The highest BCUT2D eigenvalue weighted by molar-refractivity contribution is 5.94. The molecule has 34 heavy (non-hydrogen) atoms. The Morgan fingerprint density at radius 2 is 1.85 bits per heavy atom. The van der Waals surface area contributed by atoms with Gasteiger partial charge < -0.3 is 24.8 Å². The van der Waals surface area contributed by atoms with Gasteiger partial charge in [0.1, 0.15) is 5.75 Å². The summed E-state index contributed by atoms with van der Waals surface area (Å²) in [4.78, 5) is 44.7. The molecule has 2 unspecified atom stereocenters. The molecule has 4 fully saturated rings. The third kappa shape index (κ3) is 4.46. The monoisotopic (exact) mass is 468 g/mol. The number of methoxy groups -OCH3 is 1. The number of benzene rings is 1. The molecule has 5 rings (SSSR count). The molecule has 0 aliphatic carbocycles. The minimum atomic E-state index is -0.114. The van der Waals surface area contributed by atoms with Gasteiger partial charge in [-0.3, -0.25) is 9.59 Å². The number of rotatable bonds is 3. The van der Waals surface area contributed by atoms with Crippen LogP contribution >= 0.6 is 0 Å². The van der Waals surface area contributed by atoms with E-state index in [1.807, 2.05) is 34.9 Å². The molecule has 1 N–H and O–H groups in total. The zero-order chi connectivity index (χ0) is 23.8. The van der Waals surface area contributed by atoms with Crippen LogP contribution in [-0.2, 0) is 9.59 Å². The number of urea groups is 1. The van der Waals surface area contributed by atoms with Crippen LogP contribution in [0.15, 0.2) is 18.2 Å². The van der Waals surface area contributed by atoms with E-state index in [0.717, 1.165) is 44.5 Å². The first-order chi connectivity index (χ1) is 16.4. The lowest BCUT2D eigenvalue weighted by Gasteiger charge is -2.53. The van der Waals surface area contributed by atoms with Gasteiger partial charge in [-0.25, -0.2) is 4.79 Å². The quantitative estimate of drug-likeness (QED) is 0.739. The van der Waals surface area contributed by atoms with Gasteiger partial charge in [0, 0.05) is 51.1 Å². The molecule has 4 amide bonds. The Labute approximate surface area is 201 Å². The number of nitrogens with one attached hydrogen (secondary N) is 1. The molecule has 1 aromatic rings. The molecule has 4 aliphatic rings. The summed E-state index contributed by atoms with van der Waals surface area (Å²) in [6.45, 7) is 5.46. The highest BCUT2D eigenvalue weighted by Gasteiger charge is 2.45. The number of hydrogen-bond acceptors (Lipinski definition) is 4. The highest BCUT2D eigenvalue weighted by atomic mass is 16.5. The van der Waals surface area contributed by atoms with Crippen LogP contribution in [0, 0.1) is 24.7 Å². The van der Waals surface area contributed by atoms with E-state index in [9.17, 15) is 14.4 Å². The van der Waals surface area contributed by atoms with Gasteiger partial charge in [-0.1, -0.05) is 6.07 Å². The average Bonchev–Trinajstić information content (AvgIpc) is 2.84. The van der Waals surface area contributed by atoms with Crippen molar-refractivity contribution in [3.63, 3.8) is 0 Å². The lowest BCUT2D eigenvalue weighted by molar-refractivity contribution is -0.144. The molecule has 0 saturated carbocycles. The van der Waals surface area contributed by atoms with Crippen molar-refractivity contribution in [1.29, 1.82) is 0 Å².